The van der Waals surface area contributed by atoms with Crippen LogP contribution in [0.1, 0.15) is 215 Å². The Bertz CT molecular complexity index is 2200. The molecule has 18 heteroatoms. The molecule has 0 N–H and O–H groups in total. The van der Waals surface area contributed by atoms with Crippen LogP contribution in [0.3, 0.4) is 0 Å². The Kier molecular flexibility index (Phi) is 300. The second-order valence-electron chi connectivity index (χ2n) is 24.8. The number of fused-ring (bicyclic) bond motifs is 4. The summed E-state index contributed by atoms with van der Waals surface area (Å²) in [6, 6.07) is 65.5. The minimum Gasteiger partial charge on any atom is -0.358 e. The van der Waals surface area contributed by atoms with Crippen molar-refractivity contribution in [3.8, 4) is 0 Å². The molecule has 0 amide bonds. The molecule has 0 atom stereocenters. The molecule has 2 aliphatic carbocycles. The number of hydrogen-bond acceptors (Lipinski definition) is 3. The van der Waals surface area contributed by atoms with Crippen LogP contribution in [0.4, 0.5) is 0 Å². The third kappa shape index (κ3) is 168. The molecule has 3 aromatic heterocycles. The van der Waals surface area contributed by atoms with Crippen LogP contribution in [-0.4, -0.2) is 15.0 Å². The molecule has 1 saturated carbocycles. The Balaban J connectivity index is -0.0000000230. The number of para-hydroxylation sites is 1. The van der Waals surface area contributed by atoms with Gasteiger partial charge >= 0.3 is 0 Å². The van der Waals surface area contributed by atoms with Crippen molar-refractivity contribution in [1.82, 2.24) is 15.0 Å². The average molecular weight is 4090 g/mol. The van der Waals surface area contributed by atoms with Crippen LogP contribution >= 0.6 is 0 Å². The van der Waals surface area contributed by atoms with Gasteiger partial charge in [0.15, 0.2) is 0 Å². The molecule has 1 fully saturated rings. The number of pyridine rings is 3. The summed E-state index contributed by atoms with van der Waals surface area (Å²) in [5.74, 6) is 5.00. The van der Waals surface area contributed by atoms with E-state index >= 15 is 0 Å². The van der Waals surface area contributed by atoms with E-state index in [1.54, 1.807) is 23.5 Å². The van der Waals surface area contributed by atoms with Crippen molar-refractivity contribution in [3.63, 3.8) is 0 Å². The van der Waals surface area contributed by atoms with Crippen molar-refractivity contribution in [1.29, 1.82) is 0 Å². The van der Waals surface area contributed by atoms with Crippen molar-refractivity contribution >= 4 is 32.4 Å². The number of rotatable bonds is 0. The predicted molar refractivity (Wildman–Crippen MR) is 465 cm³/mol. The van der Waals surface area contributed by atoms with Gasteiger partial charge in [0.25, 0.3) is 0 Å². The fourth-order valence-electron chi connectivity index (χ4n) is 6.43. The van der Waals surface area contributed by atoms with Gasteiger partial charge in [0.05, 0.1) is 5.52 Å². The summed E-state index contributed by atoms with van der Waals surface area (Å²) in [6.07, 6.45) is 23.1. The van der Waals surface area contributed by atoms with E-state index < -0.39 is 0 Å². The molecular formula is C94H162N3W15-11. The molecule has 3 nitrogen and oxygen atoms in total. The zero-order chi connectivity index (χ0) is 65.4. The molecule has 2 aliphatic rings. The molecule has 6 aromatic carbocycles. The molecule has 0 aliphatic heterocycles. The van der Waals surface area contributed by atoms with Crippen molar-refractivity contribution < 1.29 is 316 Å². The first kappa shape index (κ1) is 207. The largest absolute Gasteiger partial charge is 0.358 e. The van der Waals surface area contributed by atoms with Crippen LogP contribution in [0.2, 0.25) is 0 Å². The smallest absolute Gasteiger partial charge is 0.0701 e. The van der Waals surface area contributed by atoms with Crippen molar-refractivity contribution in [2.75, 3.05) is 0 Å². The van der Waals surface area contributed by atoms with Crippen LogP contribution in [0.5, 0.6) is 0 Å². The average Bonchev–Trinajstić information content (AvgIpc) is 0.931. The number of aryl methyl sites for hydroxylation is 2. The summed E-state index contributed by atoms with van der Waals surface area (Å²) in [7, 11) is 0. The van der Waals surface area contributed by atoms with Gasteiger partial charge in [-0.3, -0.25) is 15.0 Å². The van der Waals surface area contributed by atoms with Gasteiger partial charge in [0, 0.05) is 352 Å². The van der Waals surface area contributed by atoms with E-state index in [2.05, 4.69) is 250 Å². The van der Waals surface area contributed by atoms with E-state index in [4.69, 9.17) is 0 Å². The Hall–Kier alpha value is 3.87. The summed E-state index contributed by atoms with van der Waals surface area (Å²) in [6.45, 7) is 47.2. The minimum atomic E-state index is 0. The van der Waals surface area contributed by atoms with E-state index in [0.717, 1.165) is 41.0 Å². The number of hydrogen-bond donors (Lipinski definition) is 0. The first-order valence-electron chi connectivity index (χ1n) is 33.1. The van der Waals surface area contributed by atoms with Crippen LogP contribution in [0.25, 0.3) is 32.4 Å². The molecule has 654 valence electrons. The maximum atomic E-state index is 4.18. The van der Waals surface area contributed by atoms with Gasteiger partial charge in [-0.2, -0.15) is 0 Å². The maximum absolute atomic E-state index is 4.18. The van der Waals surface area contributed by atoms with Crippen molar-refractivity contribution in [2.24, 2.45) is 35.5 Å². The van der Waals surface area contributed by atoms with Crippen molar-refractivity contribution in [3.05, 3.63) is 318 Å². The van der Waals surface area contributed by atoms with Crippen LogP contribution < -0.4 is 0 Å². The minimum absolute atomic E-state index is 0. The van der Waals surface area contributed by atoms with E-state index in [-0.39, 0.29) is 398 Å². The third-order valence-electron chi connectivity index (χ3n) is 9.46. The molecule has 0 unspecified atom stereocenters. The fourth-order valence-corrected chi connectivity index (χ4v) is 6.43. The second kappa shape index (κ2) is 162. The molecule has 3 heterocycles. The van der Waals surface area contributed by atoms with E-state index in [1.807, 2.05) is 129 Å². The molecule has 112 heavy (non-hydrogen) atoms. The first-order chi connectivity index (χ1) is 41.2. The summed E-state index contributed by atoms with van der Waals surface area (Å²) in [4.78, 5) is 12.0. The monoisotopic (exact) mass is 4090 g/mol. The predicted octanol–water partition coefficient (Wildman–Crippen LogP) is 31.9. The molecule has 0 radical (unpaired) electrons. The second-order valence-corrected chi connectivity index (χ2v) is 24.8. The van der Waals surface area contributed by atoms with Gasteiger partial charge in [0.2, 0.25) is 0 Å². The van der Waals surface area contributed by atoms with Gasteiger partial charge in [-0.05, 0) is 124 Å². The molecule has 0 bridgehead atoms. The molecular weight excluding hydrogens is 3930 g/mol. The molecule has 0 spiro atoms. The number of benzene rings is 6. The fraction of sp³-hybridized carbons (Fsp3) is 0.404. The van der Waals surface area contributed by atoms with E-state index in [1.165, 1.54) is 91.1 Å². The standard InChI is InChI=1S/C10H12.C10H8.2C9H7N.C6H6.C5H5N.C5H10.6C4H10.C3H8.C2H6.11CH3.15W/c2*1-2-6-10-8-4-3-7-9(10)5-1;1-2-6-9-8(4-1)5-3-7-10-9;1-2-4-9-7-10-6-5-8(9)3-1;2*1-2-4-6-5-3-1;1-2-4-5-3-1;6*1-4(2)3;1-3-2;1-2;;;;;;;;;;;;;;;;;;;;;;;;;;/h1-2,5-6H,3-4,7-8H2;1-8H;2*1-7H;1-6H;1-5H;1-5H2;6*4H,1-3H3;3H2,1-2H3;1-2H3;11*1H3;;;;;;;;;;;;;;;/q;;;;;;;;;;;;;;;11*-1;;;;;;;;;;;;;;;. The zero-order valence-corrected chi connectivity index (χ0v) is 120. The van der Waals surface area contributed by atoms with Gasteiger partial charge in [-0.25, -0.2) is 0 Å². The molecule has 9 aromatic rings. The van der Waals surface area contributed by atoms with Crippen LogP contribution in [0.15, 0.2) is 225 Å². The third-order valence-corrected chi connectivity index (χ3v) is 9.46. The normalized spacial score (nSPS) is 8.21. The Labute approximate surface area is 919 Å². The Morgan fingerprint density at radius 1 is 0.223 bits per heavy atom. The van der Waals surface area contributed by atoms with Crippen LogP contribution in [0, 0.1) is 117 Å². The van der Waals surface area contributed by atoms with Crippen molar-refractivity contribution in [2.45, 2.75) is 217 Å². The maximum Gasteiger partial charge on any atom is 0.0701 e. The molecule has 11 rings (SSSR count). The topological polar surface area (TPSA) is 38.7 Å². The summed E-state index contributed by atoms with van der Waals surface area (Å²) >= 11 is 0. The SMILES string of the molecule is C1CCCC1.CC.CC(C)C.CC(C)C.CC(C)C.CC(C)C.CC(C)C.CC(C)C.CCC.[CH3-].[CH3-].[CH3-].[CH3-].[CH3-].[CH3-].[CH3-].[CH3-].[CH3-].[CH3-].[CH3-].[W].[W].[W].[W].[W].[W].[W].[W].[W].[W].[W].[W].[W].[W].[W].c1ccc2c(c1)CCCC2.c1ccc2ccccc2c1.c1ccc2cnccc2c1.c1ccc2ncccc2c1.c1ccccc1.c1ccncc1. The Morgan fingerprint density at radius 3 is 0.652 bits per heavy atom. The van der Waals surface area contributed by atoms with E-state index in [9.17, 15) is 0 Å². The molecule has 0 saturated heterocycles. The number of nitrogens with zero attached hydrogens (tertiary/aromatic N) is 3. The van der Waals surface area contributed by atoms with Gasteiger partial charge < -0.3 is 81.7 Å². The number of aromatic nitrogens is 3. The first-order valence-corrected chi connectivity index (χ1v) is 33.1. The van der Waals surface area contributed by atoms with E-state index in [0.29, 0.717) is 0 Å². The Morgan fingerprint density at radius 2 is 0.429 bits per heavy atom. The summed E-state index contributed by atoms with van der Waals surface area (Å²) in [5, 5.41) is 6.27. The van der Waals surface area contributed by atoms with Crippen LogP contribution in [-0.2, 0) is 329 Å². The van der Waals surface area contributed by atoms with Gasteiger partial charge in [-0.1, -0.05) is 355 Å². The van der Waals surface area contributed by atoms with Gasteiger partial charge in [0.1, 0.15) is 0 Å². The quantitative estimate of drug-likeness (QED) is 0.142. The summed E-state index contributed by atoms with van der Waals surface area (Å²) < 4.78 is 0. The summed E-state index contributed by atoms with van der Waals surface area (Å²) in [5.41, 5.74) is 4.22. The van der Waals surface area contributed by atoms with Gasteiger partial charge in [-0.15, -0.1) is 0 Å². The zero-order valence-electron chi connectivity index (χ0n) is 76.4.